The summed E-state index contributed by atoms with van der Waals surface area (Å²) >= 11 is 1.89. The molecule has 0 aromatic carbocycles. The molecule has 4 fully saturated rings. The van der Waals surface area contributed by atoms with E-state index in [9.17, 15) is 0 Å². The summed E-state index contributed by atoms with van der Waals surface area (Å²) in [5.74, 6) is 3.76. The van der Waals surface area contributed by atoms with E-state index in [1.165, 1.54) is 37.0 Å². The summed E-state index contributed by atoms with van der Waals surface area (Å²) in [6.45, 7) is 5.43. The smallest absolute Gasteiger partial charge is 0.0392 e. The fourth-order valence-corrected chi connectivity index (χ4v) is 6.84. The summed E-state index contributed by atoms with van der Waals surface area (Å²) in [6, 6.07) is 4.47. The number of nitrogens with zero attached hydrogens (tertiary/aromatic N) is 1. The zero-order valence-corrected chi connectivity index (χ0v) is 13.9. The van der Waals surface area contributed by atoms with Crippen molar-refractivity contribution in [1.29, 1.82) is 0 Å². The van der Waals surface area contributed by atoms with Crippen LogP contribution in [0.15, 0.2) is 17.5 Å². The highest BCUT2D eigenvalue weighted by Gasteiger charge is 2.58. The van der Waals surface area contributed by atoms with Gasteiger partial charge in [0.25, 0.3) is 0 Å². The number of hydrogen-bond donors (Lipinski definition) is 1. The standard InChI is InChI=1S/C18H28N2S/c1-2-20(11-17-4-3-5-21-17)18(12-19)15-7-13-6-14(9-15)10-16(18)8-13/h3-5,13-16H,2,6-12,19H2,1H3. The molecule has 4 bridgehead atoms. The van der Waals surface area contributed by atoms with E-state index in [1.54, 1.807) is 0 Å². The number of likely N-dealkylation sites (N-methyl/N-ethyl adjacent to an activating group) is 1. The number of rotatable bonds is 5. The Kier molecular flexibility index (Phi) is 3.63. The number of hydrogen-bond acceptors (Lipinski definition) is 3. The topological polar surface area (TPSA) is 29.3 Å². The Morgan fingerprint density at radius 1 is 1.19 bits per heavy atom. The zero-order chi connectivity index (χ0) is 14.4. The number of thiophene rings is 1. The second kappa shape index (κ2) is 5.36. The molecule has 0 amide bonds. The molecule has 1 heterocycles. The van der Waals surface area contributed by atoms with Gasteiger partial charge in [0.2, 0.25) is 0 Å². The fraction of sp³-hybridized carbons (Fsp3) is 0.778. The second-order valence-corrected chi connectivity index (χ2v) is 8.63. The van der Waals surface area contributed by atoms with Crippen LogP contribution in [0.25, 0.3) is 0 Å². The van der Waals surface area contributed by atoms with Gasteiger partial charge in [0.15, 0.2) is 0 Å². The molecular formula is C18H28N2S. The molecule has 4 aliphatic rings. The second-order valence-electron chi connectivity index (χ2n) is 7.59. The molecule has 4 aliphatic carbocycles. The van der Waals surface area contributed by atoms with Crippen molar-refractivity contribution in [1.82, 2.24) is 4.90 Å². The molecule has 116 valence electrons. The molecule has 0 spiro atoms. The average molecular weight is 305 g/mol. The molecule has 0 atom stereocenters. The van der Waals surface area contributed by atoms with Crippen molar-refractivity contribution in [2.24, 2.45) is 29.4 Å². The highest BCUT2D eigenvalue weighted by molar-refractivity contribution is 7.09. The van der Waals surface area contributed by atoms with E-state index in [4.69, 9.17) is 5.73 Å². The van der Waals surface area contributed by atoms with E-state index in [-0.39, 0.29) is 0 Å². The average Bonchev–Trinajstić information content (AvgIpc) is 2.98. The van der Waals surface area contributed by atoms with Gasteiger partial charge >= 0.3 is 0 Å². The maximum absolute atomic E-state index is 6.46. The molecule has 0 radical (unpaired) electrons. The van der Waals surface area contributed by atoms with E-state index in [1.807, 2.05) is 11.3 Å². The van der Waals surface area contributed by atoms with Gasteiger partial charge in [0.05, 0.1) is 0 Å². The van der Waals surface area contributed by atoms with Crippen LogP contribution >= 0.6 is 11.3 Å². The first-order chi connectivity index (χ1) is 10.3. The van der Waals surface area contributed by atoms with Gasteiger partial charge in [-0.05, 0) is 73.8 Å². The molecule has 0 unspecified atom stereocenters. The van der Waals surface area contributed by atoms with Crippen molar-refractivity contribution in [3.05, 3.63) is 22.4 Å². The van der Waals surface area contributed by atoms with Gasteiger partial charge in [-0.15, -0.1) is 11.3 Å². The van der Waals surface area contributed by atoms with Gasteiger partial charge in [-0.3, -0.25) is 4.90 Å². The summed E-state index contributed by atoms with van der Waals surface area (Å²) < 4.78 is 0. The fourth-order valence-electron chi connectivity index (χ4n) is 6.12. The third kappa shape index (κ3) is 2.12. The van der Waals surface area contributed by atoms with Crippen LogP contribution in [0.5, 0.6) is 0 Å². The molecule has 2 nitrogen and oxygen atoms in total. The van der Waals surface area contributed by atoms with Crippen LogP contribution in [0, 0.1) is 23.7 Å². The monoisotopic (exact) mass is 304 g/mol. The molecular weight excluding hydrogens is 276 g/mol. The summed E-state index contributed by atoms with van der Waals surface area (Å²) in [6.07, 6.45) is 7.32. The molecule has 5 rings (SSSR count). The molecule has 1 aromatic heterocycles. The lowest BCUT2D eigenvalue weighted by Gasteiger charge is -2.64. The van der Waals surface area contributed by atoms with Crippen LogP contribution in [-0.2, 0) is 6.54 Å². The third-order valence-corrected chi connectivity index (χ3v) is 7.64. The van der Waals surface area contributed by atoms with Gasteiger partial charge in [0.1, 0.15) is 0 Å². The first-order valence-electron chi connectivity index (χ1n) is 8.73. The van der Waals surface area contributed by atoms with Gasteiger partial charge in [0, 0.05) is 23.5 Å². The lowest BCUT2D eigenvalue weighted by molar-refractivity contribution is -0.133. The first kappa shape index (κ1) is 14.2. The van der Waals surface area contributed by atoms with Crippen molar-refractivity contribution in [2.45, 2.75) is 51.1 Å². The Labute approximate surface area is 132 Å². The molecule has 21 heavy (non-hydrogen) atoms. The van der Waals surface area contributed by atoms with Crippen LogP contribution in [0.4, 0.5) is 0 Å². The van der Waals surface area contributed by atoms with Gasteiger partial charge in [-0.1, -0.05) is 13.0 Å². The Morgan fingerprint density at radius 3 is 2.33 bits per heavy atom. The van der Waals surface area contributed by atoms with Crippen LogP contribution in [-0.4, -0.2) is 23.5 Å². The molecule has 1 aromatic rings. The number of nitrogens with two attached hydrogens (primary N) is 1. The van der Waals surface area contributed by atoms with Crippen LogP contribution in [0.3, 0.4) is 0 Å². The first-order valence-corrected chi connectivity index (χ1v) is 9.61. The van der Waals surface area contributed by atoms with Crippen molar-refractivity contribution in [2.75, 3.05) is 13.1 Å². The van der Waals surface area contributed by atoms with Crippen LogP contribution in [0.2, 0.25) is 0 Å². The van der Waals surface area contributed by atoms with E-state index < -0.39 is 0 Å². The van der Waals surface area contributed by atoms with E-state index in [2.05, 4.69) is 29.3 Å². The highest BCUT2D eigenvalue weighted by atomic mass is 32.1. The minimum atomic E-state index is 0.298. The predicted molar refractivity (Wildman–Crippen MR) is 89.2 cm³/mol. The third-order valence-electron chi connectivity index (χ3n) is 6.78. The normalized spacial score (nSPS) is 41.1. The zero-order valence-electron chi connectivity index (χ0n) is 13.1. The van der Waals surface area contributed by atoms with Crippen molar-refractivity contribution in [3.63, 3.8) is 0 Å². The predicted octanol–water partition coefficient (Wildman–Crippen LogP) is 3.72. The quantitative estimate of drug-likeness (QED) is 0.898. The maximum atomic E-state index is 6.46. The Balaban J connectivity index is 1.65. The molecule has 2 N–H and O–H groups in total. The largest absolute Gasteiger partial charge is 0.329 e. The van der Waals surface area contributed by atoms with E-state index in [0.29, 0.717) is 5.54 Å². The summed E-state index contributed by atoms with van der Waals surface area (Å²) in [5, 5.41) is 2.20. The summed E-state index contributed by atoms with van der Waals surface area (Å²) in [7, 11) is 0. The molecule has 0 saturated heterocycles. The van der Waals surface area contributed by atoms with Crippen molar-refractivity contribution in [3.8, 4) is 0 Å². The Morgan fingerprint density at radius 2 is 1.86 bits per heavy atom. The Hall–Kier alpha value is -0.380. The minimum Gasteiger partial charge on any atom is -0.329 e. The minimum absolute atomic E-state index is 0.298. The van der Waals surface area contributed by atoms with Gasteiger partial charge in [-0.2, -0.15) is 0 Å². The van der Waals surface area contributed by atoms with E-state index in [0.717, 1.165) is 43.3 Å². The highest BCUT2D eigenvalue weighted by Crippen LogP contribution is 2.60. The molecule has 4 saturated carbocycles. The molecule has 3 heteroatoms. The van der Waals surface area contributed by atoms with Crippen molar-refractivity contribution < 1.29 is 0 Å². The van der Waals surface area contributed by atoms with E-state index >= 15 is 0 Å². The maximum Gasteiger partial charge on any atom is 0.0392 e. The van der Waals surface area contributed by atoms with Crippen LogP contribution < -0.4 is 5.73 Å². The van der Waals surface area contributed by atoms with Gasteiger partial charge < -0.3 is 5.73 Å². The lowest BCUT2D eigenvalue weighted by atomic mass is 9.48. The summed E-state index contributed by atoms with van der Waals surface area (Å²) in [4.78, 5) is 4.25. The SMILES string of the molecule is CCN(Cc1cccs1)C1(CN)C2CC3CC(C2)CC1C3. The van der Waals surface area contributed by atoms with Gasteiger partial charge in [-0.25, -0.2) is 0 Å². The van der Waals surface area contributed by atoms with Crippen LogP contribution in [0.1, 0.15) is 43.9 Å². The van der Waals surface area contributed by atoms with Crippen molar-refractivity contribution >= 4 is 11.3 Å². The lowest BCUT2D eigenvalue weighted by Crippen LogP contribution is -2.69. The molecule has 0 aliphatic heterocycles. The Bertz CT molecular complexity index is 453. The summed E-state index contributed by atoms with van der Waals surface area (Å²) in [5.41, 5.74) is 6.75.